The molecule has 1 aromatic carbocycles. The van der Waals surface area contributed by atoms with E-state index in [1.165, 1.54) is 0 Å². The topological polar surface area (TPSA) is 24.4 Å². The number of halogens is 2. The minimum atomic E-state index is 0.422. The number of benzene rings is 1. The van der Waals surface area contributed by atoms with Gasteiger partial charge in [0.05, 0.1) is 16.8 Å². The second-order valence-corrected chi connectivity index (χ2v) is 5.41. The number of thioether (sulfide) groups is 1. The van der Waals surface area contributed by atoms with E-state index in [1.807, 2.05) is 6.07 Å². The second-order valence-electron chi connectivity index (χ2n) is 3.56. The first kappa shape index (κ1) is 12.1. The summed E-state index contributed by atoms with van der Waals surface area (Å²) in [6.45, 7) is 2.14. The molecule has 1 atom stereocenters. The first-order chi connectivity index (χ1) is 7.69. The number of nitrogens with zero attached hydrogens (tertiary/aromatic N) is 1. The molecule has 0 aromatic heterocycles. The highest BCUT2D eigenvalue weighted by Crippen LogP contribution is 2.28. The van der Waals surface area contributed by atoms with E-state index in [0.717, 1.165) is 23.0 Å². The maximum absolute atomic E-state index is 6.06. The molecular weight excluding hydrogens is 263 g/mol. The zero-order chi connectivity index (χ0) is 11.5. The van der Waals surface area contributed by atoms with Crippen molar-refractivity contribution in [2.75, 3.05) is 11.1 Å². The molecule has 1 aromatic rings. The molecule has 1 heterocycles. The van der Waals surface area contributed by atoms with Crippen LogP contribution in [0.3, 0.4) is 0 Å². The molecule has 0 fully saturated rings. The number of nitrogens with one attached hydrogen (secondary N) is 1. The minimum absolute atomic E-state index is 0.422. The molecule has 1 aliphatic heterocycles. The SMILES string of the molecule is CCC1CSC(Nc2cc(Cl)ccc2Cl)=N1. The number of rotatable bonds is 2. The lowest BCUT2D eigenvalue weighted by Gasteiger charge is -2.07. The van der Waals surface area contributed by atoms with Crippen molar-refractivity contribution in [3.63, 3.8) is 0 Å². The Labute approximate surface area is 109 Å². The third-order valence-electron chi connectivity index (χ3n) is 2.35. The first-order valence-corrected chi connectivity index (χ1v) is 6.86. The molecule has 0 saturated heterocycles. The lowest BCUT2D eigenvalue weighted by Crippen LogP contribution is -2.05. The smallest absolute Gasteiger partial charge is 0.161 e. The lowest BCUT2D eigenvalue weighted by molar-refractivity contribution is 0.738. The van der Waals surface area contributed by atoms with Crippen molar-refractivity contribution >= 4 is 45.8 Å². The summed E-state index contributed by atoms with van der Waals surface area (Å²) >= 11 is 13.7. The standard InChI is InChI=1S/C11H12Cl2N2S/c1-2-8-6-16-11(14-8)15-10-5-7(12)3-4-9(10)13/h3-5,8H,2,6H2,1H3,(H,14,15). The zero-order valence-corrected chi connectivity index (χ0v) is 11.2. The van der Waals surface area contributed by atoms with Gasteiger partial charge in [-0.25, -0.2) is 0 Å². The van der Waals surface area contributed by atoms with Gasteiger partial charge in [-0.15, -0.1) is 0 Å². The number of aliphatic imine (C=N–C) groups is 1. The Bertz CT molecular complexity index is 420. The Balaban J connectivity index is 2.12. The molecule has 1 unspecified atom stereocenters. The van der Waals surface area contributed by atoms with Crippen LogP contribution in [0.25, 0.3) is 0 Å². The van der Waals surface area contributed by atoms with Crippen LogP contribution in [-0.4, -0.2) is 17.0 Å². The predicted octanol–water partition coefficient (Wildman–Crippen LogP) is 4.29. The van der Waals surface area contributed by atoms with Gasteiger partial charge in [0.25, 0.3) is 0 Å². The van der Waals surface area contributed by atoms with E-state index in [0.29, 0.717) is 16.1 Å². The first-order valence-electron chi connectivity index (χ1n) is 5.11. The van der Waals surface area contributed by atoms with Gasteiger partial charge < -0.3 is 5.32 Å². The summed E-state index contributed by atoms with van der Waals surface area (Å²) in [5, 5.41) is 5.47. The zero-order valence-electron chi connectivity index (χ0n) is 8.84. The van der Waals surface area contributed by atoms with Crippen LogP contribution in [0.2, 0.25) is 10.0 Å². The van der Waals surface area contributed by atoms with Gasteiger partial charge in [-0.05, 0) is 24.6 Å². The lowest BCUT2D eigenvalue weighted by atomic mass is 10.3. The Morgan fingerprint density at radius 2 is 2.31 bits per heavy atom. The molecule has 0 aliphatic carbocycles. The normalized spacial score (nSPS) is 19.7. The molecule has 0 bridgehead atoms. The fourth-order valence-electron chi connectivity index (χ4n) is 1.40. The van der Waals surface area contributed by atoms with E-state index < -0.39 is 0 Å². The summed E-state index contributed by atoms with van der Waals surface area (Å²) in [4.78, 5) is 4.54. The van der Waals surface area contributed by atoms with Gasteiger partial charge >= 0.3 is 0 Å². The van der Waals surface area contributed by atoms with Crippen LogP contribution >= 0.6 is 35.0 Å². The molecule has 0 radical (unpaired) electrons. The largest absolute Gasteiger partial charge is 0.334 e. The number of anilines is 1. The average Bonchev–Trinajstić information content (AvgIpc) is 2.71. The molecule has 1 N–H and O–H groups in total. The van der Waals surface area contributed by atoms with Gasteiger partial charge in [-0.3, -0.25) is 4.99 Å². The molecular formula is C11H12Cl2N2S. The summed E-state index contributed by atoms with van der Waals surface area (Å²) in [6.07, 6.45) is 1.07. The van der Waals surface area contributed by atoms with E-state index in [9.17, 15) is 0 Å². The Kier molecular flexibility index (Phi) is 4.00. The number of hydrogen-bond acceptors (Lipinski definition) is 3. The van der Waals surface area contributed by atoms with Crippen molar-refractivity contribution < 1.29 is 0 Å². The summed E-state index contributed by atoms with van der Waals surface area (Å²) in [6, 6.07) is 5.79. The Morgan fingerprint density at radius 3 is 3.00 bits per heavy atom. The van der Waals surface area contributed by atoms with Crippen molar-refractivity contribution in [2.45, 2.75) is 19.4 Å². The van der Waals surface area contributed by atoms with E-state index >= 15 is 0 Å². The highest BCUT2D eigenvalue weighted by atomic mass is 35.5. The third kappa shape index (κ3) is 2.84. The van der Waals surface area contributed by atoms with Gasteiger partial charge in [0.15, 0.2) is 5.17 Å². The van der Waals surface area contributed by atoms with Crippen LogP contribution in [-0.2, 0) is 0 Å². The molecule has 2 rings (SSSR count). The van der Waals surface area contributed by atoms with Gasteiger partial charge in [0.1, 0.15) is 0 Å². The minimum Gasteiger partial charge on any atom is -0.334 e. The van der Waals surface area contributed by atoms with E-state index in [-0.39, 0.29) is 0 Å². The van der Waals surface area contributed by atoms with Crippen LogP contribution in [0.1, 0.15) is 13.3 Å². The van der Waals surface area contributed by atoms with Gasteiger partial charge in [-0.1, -0.05) is 41.9 Å². The summed E-state index contributed by atoms with van der Waals surface area (Å²) in [5.74, 6) is 1.04. The van der Waals surface area contributed by atoms with E-state index in [4.69, 9.17) is 23.2 Å². The molecule has 86 valence electrons. The van der Waals surface area contributed by atoms with Gasteiger partial charge in [-0.2, -0.15) is 0 Å². The predicted molar refractivity (Wildman–Crippen MR) is 74.1 cm³/mol. The maximum Gasteiger partial charge on any atom is 0.161 e. The van der Waals surface area contributed by atoms with Crippen molar-refractivity contribution in [1.82, 2.24) is 0 Å². The molecule has 5 heteroatoms. The van der Waals surface area contributed by atoms with Crippen LogP contribution in [0.5, 0.6) is 0 Å². The van der Waals surface area contributed by atoms with Crippen molar-refractivity contribution in [3.8, 4) is 0 Å². The van der Waals surface area contributed by atoms with Crippen molar-refractivity contribution in [3.05, 3.63) is 28.2 Å². The van der Waals surface area contributed by atoms with Gasteiger partial charge in [0, 0.05) is 10.8 Å². The van der Waals surface area contributed by atoms with Gasteiger partial charge in [0.2, 0.25) is 0 Å². The fraction of sp³-hybridized carbons (Fsp3) is 0.364. The molecule has 1 aliphatic rings. The quantitative estimate of drug-likeness (QED) is 0.870. The number of hydrogen-bond donors (Lipinski definition) is 1. The highest BCUT2D eigenvalue weighted by Gasteiger charge is 2.17. The van der Waals surface area contributed by atoms with Crippen LogP contribution in [0.4, 0.5) is 5.69 Å². The molecule has 2 nitrogen and oxygen atoms in total. The van der Waals surface area contributed by atoms with E-state index in [1.54, 1.807) is 23.9 Å². The van der Waals surface area contributed by atoms with Crippen LogP contribution in [0, 0.1) is 0 Å². The summed E-state index contributed by atoms with van der Waals surface area (Å²) in [5.41, 5.74) is 0.817. The molecule has 0 spiro atoms. The van der Waals surface area contributed by atoms with Crippen molar-refractivity contribution in [2.24, 2.45) is 4.99 Å². The van der Waals surface area contributed by atoms with Crippen LogP contribution < -0.4 is 5.32 Å². The maximum atomic E-state index is 6.06. The summed E-state index contributed by atoms with van der Waals surface area (Å²) < 4.78 is 0. The molecule has 0 saturated carbocycles. The second kappa shape index (κ2) is 5.30. The third-order valence-corrected chi connectivity index (χ3v) is 3.95. The Morgan fingerprint density at radius 1 is 1.50 bits per heavy atom. The highest BCUT2D eigenvalue weighted by molar-refractivity contribution is 8.14. The summed E-state index contributed by atoms with van der Waals surface area (Å²) in [7, 11) is 0. The van der Waals surface area contributed by atoms with Crippen molar-refractivity contribution in [1.29, 1.82) is 0 Å². The molecule has 0 amide bonds. The monoisotopic (exact) mass is 274 g/mol. The Hall–Kier alpha value is -0.380. The average molecular weight is 275 g/mol. The van der Waals surface area contributed by atoms with Crippen LogP contribution in [0.15, 0.2) is 23.2 Å². The number of amidine groups is 1. The fourth-order valence-corrected chi connectivity index (χ4v) is 2.80. The molecule has 16 heavy (non-hydrogen) atoms. The van der Waals surface area contributed by atoms with E-state index in [2.05, 4.69) is 17.2 Å².